The van der Waals surface area contributed by atoms with Crippen LogP contribution in [0.3, 0.4) is 0 Å². The van der Waals surface area contributed by atoms with Crippen LogP contribution in [0.2, 0.25) is 5.02 Å². The van der Waals surface area contributed by atoms with E-state index >= 15 is 0 Å². The fourth-order valence-electron chi connectivity index (χ4n) is 3.47. The van der Waals surface area contributed by atoms with Crippen molar-refractivity contribution in [3.63, 3.8) is 0 Å². The summed E-state index contributed by atoms with van der Waals surface area (Å²) in [7, 11) is -1.06. The lowest BCUT2D eigenvalue weighted by molar-refractivity contribution is 0.00143. The average Bonchev–Trinajstić information content (AvgIpc) is 3.26. The van der Waals surface area contributed by atoms with Crippen molar-refractivity contribution in [2.75, 3.05) is 20.8 Å². The second kappa shape index (κ2) is 12.5. The lowest BCUT2D eigenvalue weighted by atomic mass is 10.2. The zero-order valence-corrected chi connectivity index (χ0v) is 23.0. The minimum Gasteiger partial charge on any atom is -0.479 e. The van der Waals surface area contributed by atoms with Crippen molar-refractivity contribution in [1.29, 1.82) is 0 Å². The number of methoxy groups -OCH3 is 2. The van der Waals surface area contributed by atoms with Crippen LogP contribution in [0.25, 0.3) is 5.69 Å². The zero-order valence-electron chi connectivity index (χ0n) is 21.5. The monoisotopic (exact) mass is 555 g/mol. The second-order valence-corrected chi connectivity index (χ2v) is 10.9. The summed E-state index contributed by atoms with van der Waals surface area (Å²) >= 11 is 5.92. The summed E-state index contributed by atoms with van der Waals surface area (Å²) in [4.78, 5) is 16.7. The van der Waals surface area contributed by atoms with Gasteiger partial charge in [-0.15, -0.1) is 10.2 Å². The summed E-state index contributed by atoms with van der Waals surface area (Å²) in [6, 6.07) is 0. The maximum absolute atomic E-state index is 13.7. The van der Waals surface area contributed by atoms with Gasteiger partial charge in [-0.1, -0.05) is 11.6 Å². The Morgan fingerprint density at radius 1 is 0.973 bits per heavy atom. The van der Waals surface area contributed by atoms with E-state index in [0.717, 1.165) is 0 Å². The molecule has 15 heteroatoms. The van der Waals surface area contributed by atoms with E-state index in [9.17, 15) is 8.42 Å². The number of rotatable bonds is 13. The van der Waals surface area contributed by atoms with Crippen molar-refractivity contribution < 1.29 is 27.4 Å². The average molecular weight is 556 g/mol. The zero-order chi connectivity index (χ0) is 27.2. The Balaban J connectivity index is 2.07. The molecule has 0 saturated heterocycles. The Bertz CT molecular complexity index is 1260. The Labute approximate surface area is 220 Å². The van der Waals surface area contributed by atoms with E-state index in [0.29, 0.717) is 17.5 Å². The molecule has 3 rings (SSSR count). The molecule has 3 aromatic rings. The van der Waals surface area contributed by atoms with E-state index in [4.69, 9.17) is 30.5 Å². The standard InChI is InChI=1S/C22H30ClN7O6S/c1-7-35-10-16-28-29-17(30(16)18-21(33-5)26-12-27-22(18)34-6)11-37(31,32)14(4)19(36-13(2)3)20-24-8-15(23)9-25-20/h8-9,12-14,19H,7,10-11H2,1-6H3/t14-,19+/m0/s1. The molecule has 0 radical (unpaired) electrons. The molecule has 0 bridgehead atoms. The van der Waals surface area contributed by atoms with E-state index in [-0.39, 0.29) is 41.8 Å². The summed E-state index contributed by atoms with van der Waals surface area (Å²) in [5.74, 6) is 0.404. The van der Waals surface area contributed by atoms with Crippen molar-refractivity contribution >= 4 is 21.4 Å². The molecule has 3 heterocycles. The number of hydrogen-bond donors (Lipinski definition) is 0. The Morgan fingerprint density at radius 3 is 2.11 bits per heavy atom. The topological polar surface area (TPSA) is 153 Å². The molecule has 0 aliphatic heterocycles. The quantitative estimate of drug-likeness (QED) is 0.304. The largest absolute Gasteiger partial charge is 0.479 e. The number of ether oxygens (including phenoxy) is 4. The Kier molecular flexibility index (Phi) is 9.70. The van der Waals surface area contributed by atoms with Gasteiger partial charge in [-0.3, -0.25) is 4.57 Å². The molecular formula is C22H30ClN7O6S. The second-order valence-electron chi connectivity index (χ2n) is 8.12. The third-order valence-electron chi connectivity index (χ3n) is 5.23. The van der Waals surface area contributed by atoms with Crippen molar-refractivity contribution in [2.24, 2.45) is 0 Å². The van der Waals surface area contributed by atoms with Crippen LogP contribution in [0.15, 0.2) is 18.7 Å². The van der Waals surface area contributed by atoms with Gasteiger partial charge in [-0.25, -0.2) is 18.4 Å². The number of sulfone groups is 1. The van der Waals surface area contributed by atoms with Crippen molar-refractivity contribution in [3.8, 4) is 17.4 Å². The Morgan fingerprint density at radius 2 is 1.57 bits per heavy atom. The van der Waals surface area contributed by atoms with Gasteiger partial charge in [0.25, 0.3) is 0 Å². The molecule has 0 fully saturated rings. The molecule has 13 nitrogen and oxygen atoms in total. The highest BCUT2D eigenvalue weighted by Gasteiger charge is 2.36. The molecule has 0 aliphatic rings. The normalized spacial score (nSPS) is 13.5. The molecule has 0 spiro atoms. The van der Waals surface area contributed by atoms with E-state index < -0.39 is 26.9 Å². The first kappa shape index (κ1) is 28.6. The predicted molar refractivity (Wildman–Crippen MR) is 133 cm³/mol. The maximum atomic E-state index is 13.7. The SMILES string of the molecule is CCOCc1nnc(CS(=O)(=O)[C@@H](C)[C@@H](OC(C)C)c2ncc(Cl)cn2)n1-c1c(OC)ncnc1OC. The first-order valence-electron chi connectivity index (χ1n) is 11.4. The number of halogens is 1. The van der Waals surface area contributed by atoms with E-state index in [1.165, 1.54) is 44.4 Å². The van der Waals surface area contributed by atoms with Gasteiger partial charge in [0.2, 0.25) is 11.8 Å². The van der Waals surface area contributed by atoms with Crippen molar-refractivity contribution in [3.05, 3.63) is 41.2 Å². The molecule has 0 unspecified atom stereocenters. The maximum Gasteiger partial charge on any atom is 0.245 e. The van der Waals surface area contributed by atoms with Crippen LogP contribution in [0.4, 0.5) is 0 Å². The minimum absolute atomic E-state index is 0.0536. The first-order chi connectivity index (χ1) is 17.6. The highest BCUT2D eigenvalue weighted by molar-refractivity contribution is 7.91. The summed E-state index contributed by atoms with van der Waals surface area (Å²) in [5.41, 5.74) is 0.251. The fraction of sp³-hybridized carbons (Fsp3) is 0.545. The third-order valence-corrected chi connectivity index (χ3v) is 7.47. The van der Waals surface area contributed by atoms with Crippen LogP contribution in [-0.2, 0) is 31.7 Å². The van der Waals surface area contributed by atoms with Crippen LogP contribution in [-0.4, -0.2) is 75.3 Å². The lowest BCUT2D eigenvalue weighted by Crippen LogP contribution is -2.32. The van der Waals surface area contributed by atoms with Gasteiger partial charge in [0.15, 0.2) is 33.0 Å². The van der Waals surface area contributed by atoms with Crippen LogP contribution in [0.5, 0.6) is 11.8 Å². The van der Waals surface area contributed by atoms with Gasteiger partial charge in [-0.2, -0.15) is 9.97 Å². The van der Waals surface area contributed by atoms with Crippen molar-refractivity contribution in [2.45, 2.75) is 57.5 Å². The molecule has 0 aromatic carbocycles. The summed E-state index contributed by atoms with van der Waals surface area (Å²) in [6.45, 7) is 7.42. The number of nitrogens with zero attached hydrogens (tertiary/aromatic N) is 7. The smallest absolute Gasteiger partial charge is 0.245 e. The fourth-order valence-corrected chi connectivity index (χ4v) is 4.94. The van der Waals surface area contributed by atoms with Gasteiger partial charge >= 0.3 is 0 Å². The summed E-state index contributed by atoms with van der Waals surface area (Å²) < 4.78 is 51.2. The molecule has 0 saturated carbocycles. The van der Waals surface area contributed by atoms with Crippen molar-refractivity contribution in [1.82, 2.24) is 34.7 Å². The van der Waals surface area contributed by atoms with Gasteiger partial charge < -0.3 is 18.9 Å². The molecule has 37 heavy (non-hydrogen) atoms. The number of aromatic nitrogens is 7. The highest BCUT2D eigenvalue weighted by atomic mass is 35.5. The van der Waals surface area contributed by atoms with E-state index in [2.05, 4.69) is 30.1 Å². The molecule has 0 N–H and O–H groups in total. The number of hydrogen-bond acceptors (Lipinski definition) is 12. The van der Waals surface area contributed by atoms with Crippen LogP contribution >= 0.6 is 11.6 Å². The first-order valence-corrected chi connectivity index (χ1v) is 13.5. The summed E-state index contributed by atoms with van der Waals surface area (Å²) in [5, 5.41) is 7.61. The van der Waals surface area contributed by atoms with Crippen LogP contribution in [0, 0.1) is 0 Å². The molecule has 0 aliphatic carbocycles. The van der Waals surface area contributed by atoms with Gasteiger partial charge in [0.1, 0.15) is 24.8 Å². The van der Waals surface area contributed by atoms with E-state index in [1.54, 1.807) is 13.8 Å². The summed E-state index contributed by atoms with van der Waals surface area (Å²) in [6.07, 6.45) is 2.81. The third kappa shape index (κ3) is 6.69. The van der Waals surface area contributed by atoms with Crippen LogP contribution < -0.4 is 9.47 Å². The molecule has 202 valence electrons. The minimum atomic E-state index is -3.92. The molecule has 0 amide bonds. The van der Waals surface area contributed by atoms with Crippen LogP contribution in [0.1, 0.15) is 51.3 Å². The molecule has 3 aromatic heterocycles. The van der Waals surface area contributed by atoms with Gasteiger partial charge in [0.05, 0.1) is 30.6 Å². The molecular weight excluding hydrogens is 526 g/mol. The lowest BCUT2D eigenvalue weighted by Gasteiger charge is -2.25. The predicted octanol–water partition coefficient (Wildman–Crippen LogP) is 2.52. The van der Waals surface area contributed by atoms with E-state index in [1.807, 2.05) is 6.92 Å². The Hall–Kier alpha value is -2.94. The highest BCUT2D eigenvalue weighted by Crippen LogP contribution is 2.32. The van der Waals surface area contributed by atoms with Gasteiger partial charge in [0, 0.05) is 19.0 Å². The molecule has 2 atom stereocenters. The van der Waals surface area contributed by atoms with Gasteiger partial charge in [-0.05, 0) is 27.7 Å².